The molecule has 1 aliphatic rings. The second-order valence-electron chi connectivity index (χ2n) is 3.66. The lowest BCUT2D eigenvalue weighted by molar-refractivity contribution is 0.620. The molecule has 0 atom stereocenters. The second-order valence-corrected chi connectivity index (χ2v) is 6.21. The van der Waals surface area contributed by atoms with Crippen LogP contribution in [0, 0.1) is 5.82 Å². The third-order valence-corrected chi connectivity index (χ3v) is 4.47. The maximum absolute atomic E-state index is 13.4. The summed E-state index contributed by atoms with van der Waals surface area (Å²) in [6.45, 7) is 1.33. The second kappa shape index (κ2) is 4.71. The third-order valence-electron chi connectivity index (χ3n) is 2.59. The summed E-state index contributed by atoms with van der Waals surface area (Å²) in [5.74, 6) is 0.921. The summed E-state index contributed by atoms with van der Waals surface area (Å²) in [6, 6.07) is 2.99. The van der Waals surface area contributed by atoms with Crippen LogP contribution in [0.1, 0.15) is 0 Å². The highest BCUT2D eigenvalue weighted by Gasteiger charge is 2.18. The zero-order chi connectivity index (χ0) is 11.7. The van der Waals surface area contributed by atoms with Gasteiger partial charge in [-0.3, -0.25) is 4.21 Å². The highest BCUT2D eigenvalue weighted by molar-refractivity contribution is 9.10. The molecule has 0 unspecified atom stereocenters. The Hall–Kier alpha value is -0.620. The van der Waals surface area contributed by atoms with E-state index in [0.717, 1.165) is 0 Å². The van der Waals surface area contributed by atoms with Gasteiger partial charge in [0.25, 0.3) is 0 Å². The molecule has 1 aliphatic heterocycles. The van der Waals surface area contributed by atoms with E-state index < -0.39 is 10.8 Å². The summed E-state index contributed by atoms with van der Waals surface area (Å²) in [5.41, 5.74) is 7.08. The monoisotopic (exact) mass is 306 g/mol. The van der Waals surface area contributed by atoms with Crippen molar-refractivity contribution in [3.8, 4) is 0 Å². The van der Waals surface area contributed by atoms with E-state index in [1.807, 2.05) is 4.90 Å². The highest BCUT2D eigenvalue weighted by atomic mass is 79.9. The quantitative estimate of drug-likeness (QED) is 0.804. The lowest BCUT2D eigenvalue weighted by Gasteiger charge is -2.29. The summed E-state index contributed by atoms with van der Waals surface area (Å²) < 4.78 is 25.0. The van der Waals surface area contributed by atoms with E-state index in [9.17, 15) is 8.60 Å². The van der Waals surface area contributed by atoms with Gasteiger partial charge in [-0.2, -0.15) is 0 Å². The molecule has 0 bridgehead atoms. The number of halogens is 2. The van der Waals surface area contributed by atoms with E-state index in [-0.39, 0.29) is 5.82 Å². The first-order chi connectivity index (χ1) is 7.58. The Kier molecular flexibility index (Phi) is 3.49. The number of anilines is 2. The van der Waals surface area contributed by atoms with Crippen molar-refractivity contribution in [1.82, 2.24) is 0 Å². The zero-order valence-electron chi connectivity index (χ0n) is 8.58. The maximum atomic E-state index is 13.4. The molecule has 1 aromatic rings. The minimum atomic E-state index is -0.737. The van der Waals surface area contributed by atoms with Crippen LogP contribution >= 0.6 is 15.9 Å². The fourth-order valence-corrected chi connectivity index (χ4v) is 3.12. The van der Waals surface area contributed by atoms with Gasteiger partial charge in [-0.25, -0.2) is 4.39 Å². The van der Waals surface area contributed by atoms with E-state index in [4.69, 9.17) is 5.73 Å². The molecular weight excluding hydrogens is 295 g/mol. The van der Waals surface area contributed by atoms with Crippen LogP contribution in [0.25, 0.3) is 0 Å². The van der Waals surface area contributed by atoms with Crippen molar-refractivity contribution in [2.75, 3.05) is 35.2 Å². The standard InChI is InChI=1S/C10H12BrFN2OS/c11-7-5-9(13)10(6-8(7)12)14-1-3-16(15)4-2-14/h5-6H,1-4,13H2. The smallest absolute Gasteiger partial charge is 0.139 e. The predicted octanol–water partition coefficient (Wildman–Crippen LogP) is 1.74. The van der Waals surface area contributed by atoms with Gasteiger partial charge >= 0.3 is 0 Å². The Morgan fingerprint density at radius 2 is 2.00 bits per heavy atom. The summed E-state index contributed by atoms with van der Waals surface area (Å²) >= 11 is 3.09. The van der Waals surface area contributed by atoms with Gasteiger partial charge in [0.15, 0.2) is 0 Å². The molecule has 1 saturated heterocycles. The Labute approximate surface area is 104 Å². The number of benzene rings is 1. The van der Waals surface area contributed by atoms with Gasteiger partial charge in [-0.1, -0.05) is 0 Å². The summed E-state index contributed by atoms with van der Waals surface area (Å²) in [7, 11) is -0.737. The molecule has 0 aromatic heterocycles. The van der Waals surface area contributed by atoms with Crippen LogP contribution in [-0.4, -0.2) is 28.8 Å². The zero-order valence-corrected chi connectivity index (χ0v) is 11.0. The molecule has 16 heavy (non-hydrogen) atoms. The van der Waals surface area contributed by atoms with Crippen molar-refractivity contribution in [2.45, 2.75) is 0 Å². The van der Waals surface area contributed by atoms with Crippen molar-refractivity contribution in [1.29, 1.82) is 0 Å². The van der Waals surface area contributed by atoms with Crippen LogP contribution < -0.4 is 10.6 Å². The predicted molar refractivity (Wildman–Crippen MR) is 68.6 cm³/mol. The van der Waals surface area contributed by atoms with Crippen LogP contribution in [-0.2, 0) is 10.8 Å². The van der Waals surface area contributed by atoms with E-state index in [0.29, 0.717) is 40.4 Å². The molecular formula is C10H12BrFN2OS. The van der Waals surface area contributed by atoms with Crippen molar-refractivity contribution in [3.63, 3.8) is 0 Å². The number of nitrogen functional groups attached to an aromatic ring is 1. The van der Waals surface area contributed by atoms with Crippen LogP contribution in [0.2, 0.25) is 0 Å². The van der Waals surface area contributed by atoms with E-state index in [1.165, 1.54) is 6.07 Å². The van der Waals surface area contributed by atoms with Gasteiger partial charge in [0.2, 0.25) is 0 Å². The number of nitrogens with two attached hydrogens (primary N) is 1. The fraction of sp³-hybridized carbons (Fsp3) is 0.400. The Balaban J connectivity index is 2.26. The molecule has 88 valence electrons. The molecule has 1 heterocycles. The van der Waals surface area contributed by atoms with Crippen LogP contribution in [0.5, 0.6) is 0 Å². The molecule has 3 nitrogen and oxygen atoms in total. The van der Waals surface area contributed by atoms with Gasteiger partial charge in [0.1, 0.15) is 5.82 Å². The summed E-state index contributed by atoms with van der Waals surface area (Å²) in [5, 5.41) is 0. The summed E-state index contributed by atoms with van der Waals surface area (Å²) in [6.07, 6.45) is 0. The van der Waals surface area contributed by atoms with Gasteiger partial charge in [-0.05, 0) is 22.0 Å². The van der Waals surface area contributed by atoms with Gasteiger partial charge in [0, 0.05) is 41.5 Å². The van der Waals surface area contributed by atoms with E-state index >= 15 is 0 Å². The molecule has 0 saturated carbocycles. The first kappa shape index (κ1) is 11.9. The topological polar surface area (TPSA) is 46.3 Å². The molecule has 2 N–H and O–H groups in total. The number of hydrogen-bond donors (Lipinski definition) is 1. The Morgan fingerprint density at radius 3 is 2.62 bits per heavy atom. The molecule has 0 radical (unpaired) electrons. The number of nitrogens with zero attached hydrogens (tertiary/aromatic N) is 1. The lowest BCUT2D eigenvalue weighted by Crippen LogP contribution is -2.38. The average molecular weight is 307 g/mol. The van der Waals surface area contributed by atoms with Gasteiger partial charge in [-0.15, -0.1) is 0 Å². The molecule has 0 amide bonds. The van der Waals surface area contributed by atoms with Gasteiger partial charge < -0.3 is 10.6 Å². The molecule has 0 spiro atoms. The van der Waals surface area contributed by atoms with Crippen LogP contribution in [0.4, 0.5) is 15.8 Å². The third kappa shape index (κ3) is 2.38. The average Bonchev–Trinajstić information content (AvgIpc) is 2.25. The van der Waals surface area contributed by atoms with Crippen LogP contribution in [0.15, 0.2) is 16.6 Å². The van der Waals surface area contributed by atoms with Crippen LogP contribution in [0.3, 0.4) is 0 Å². The van der Waals surface area contributed by atoms with Crippen molar-refractivity contribution in [3.05, 3.63) is 22.4 Å². The minimum absolute atomic E-state index is 0.323. The van der Waals surface area contributed by atoms with Gasteiger partial charge in [0.05, 0.1) is 15.8 Å². The Morgan fingerprint density at radius 1 is 1.38 bits per heavy atom. The SMILES string of the molecule is Nc1cc(Br)c(F)cc1N1CCS(=O)CC1. The first-order valence-corrected chi connectivity index (χ1v) is 7.20. The molecule has 1 aromatic carbocycles. The maximum Gasteiger partial charge on any atom is 0.139 e. The number of hydrogen-bond acceptors (Lipinski definition) is 3. The summed E-state index contributed by atoms with van der Waals surface area (Å²) in [4.78, 5) is 1.98. The molecule has 1 fully saturated rings. The fourth-order valence-electron chi connectivity index (χ4n) is 1.70. The Bertz CT molecular complexity index is 431. The van der Waals surface area contributed by atoms with E-state index in [1.54, 1.807) is 6.07 Å². The molecule has 6 heteroatoms. The minimum Gasteiger partial charge on any atom is -0.397 e. The van der Waals surface area contributed by atoms with Crippen molar-refractivity contribution < 1.29 is 8.60 Å². The van der Waals surface area contributed by atoms with E-state index in [2.05, 4.69) is 15.9 Å². The number of rotatable bonds is 1. The first-order valence-electron chi connectivity index (χ1n) is 4.92. The van der Waals surface area contributed by atoms with Crippen molar-refractivity contribution >= 4 is 38.1 Å². The normalized spacial score (nSPS) is 17.8. The highest BCUT2D eigenvalue weighted by Crippen LogP contribution is 2.30. The molecule has 0 aliphatic carbocycles. The molecule has 2 rings (SSSR count). The van der Waals surface area contributed by atoms with Crippen molar-refractivity contribution in [2.24, 2.45) is 0 Å². The largest absolute Gasteiger partial charge is 0.397 e. The lowest BCUT2D eigenvalue weighted by atomic mass is 10.2.